The van der Waals surface area contributed by atoms with Gasteiger partial charge in [-0.1, -0.05) is 22.9 Å². The molecular weight excluding hydrogens is 418 g/mol. The van der Waals surface area contributed by atoms with Gasteiger partial charge in [0.15, 0.2) is 5.96 Å². The van der Waals surface area contributed by atoms with E-state index in [2.05, 4.69) is 84.3 Å². The van der Waals surface area contributed by atoms with Crippen LogP contribution < -0.4 is 15.5 Å². The molecule has 28 heavy (non-hydrogen) atoms. The Morgan fingerprint density at radius 1 is 1.25 bits per heavy atom. The van der Waals surface area contributed by atoms with Gasteiger partial charge in [0.05, 0.1) is 0 Å². The first-order valence-corrected chi connectivity index (χ1v) is 10.9. The van der Waals surface area contributed by atoms with Crippen molar-refractivity contribution in [3.05, 3.63) is 40.9 Å². The number of nitrogens with zero attached hydrogens (tertiary/aromatic N) is 5. The molecule has 2 aromatic rings. The molecule has 0 aliphatic carbocycles. The molecule has 2 N–H and O–H groups in total. The van der Waals surface area contributed by atoms with Gasteiger partial charge < -0.3 is 20.1 Å². The number of guanidine groups is 1. The van der Waals surface area contributed by atoms with Crippen LogP contribution in [0.1, 0.15) is 26.1 Å². The van der Waals surface area contributed by atoms with Crippen molar-refractivity contribution in [1.29, 1.82) is 0 Å². The fraction of sp³-hybridized carbons (Fsp3) is 0.550. The van der Waals surface area contributed by atoms with Gasteiger partial charge in [0.1, 0.15) is 12.2 Å². The highest BCUT2D eigenvalue weighted by Gasteiger charge is 2.22. The molecule has 2 heterocycles. The number of halogens is 1. The van der Waals surface area contributed by atoms with Crippen molar-refractivity contribution < 1.29 is 0 Å². The third-order valence-corrected chi connectivity index (χ3v) is 5.52. The third-order valence-electron chi connectivity index (χ3n) is 4.99. The largest absolute Gasteiger partial charge is 0.371 e. The summed E-state index contributed by atoms with van der Waals surface area (Å²) in [4.78, 5) is 7.27. The molecule has 0 spiro atoms. The summed E-state index contributed by atoms with van der Waals surface area (Å²) in [5.74, 6) is 2.49. The van der Waals surface area contributed by atoms with Crippen molar-refractivity contribution in [2.45, 2.75) is 33.2 Å². The van der Waals surface area contributed by atoms with Gasteiger partial charge in [0, 0.05) is 55.8 Å². The van der Waals surface area contributed by atoms with Gasteiger partial charge in [-0.3, -0.25) is 4.99 Å². The molecule has 1 fully saturated rings. The Hall–Kier alpha value is -2.09. The van der Waals surface area contributed by atoms with Crippen molar-refractivity contribution >= 4 is 27.6 Å². The number of aromatic nitrogens is 3. The highest BCUT2D eigenvalue weighted by Crippen LogP contribution is 2.25. The van der Waals surface area contributed by atoms with Gasteiger partial charge in [-0.25, -0.2) is 0 Å². The zero-order valence-electron chi connectivity index (χ0n) is 16.7. The van der Waals surface area contributed by atoms with Gasteiger partial charge in [-0.15, -0.1) is 10.2 Å². The number of nitrogens with one attached hydrogen (secondary N) is 2. The quantitative estimate of drug-likeness (QED) is 0.480. The monoisotopic (exact) mass is 447 g/mol. The van der Waals surface area contributed by atoms with Crippen LogP contribution in [0.4, 0.5) is 5.69 Å². The Labute approximate surface area is 175 Å². The Morgan fingerprint density at radius 2 is 2.07 bits per heavy atom. The van der Waals surface area contributed by atoms with Crippen molar-refractivity contribution in [2.24, 2.45) is 10.9 Å². The van der Waals surface area contributed by atoms with E-state index >= 15 is 0 Å². The standard InChI is InChI=1S/C20H30BrN7/c1-3-19-26-25-15-28(19)12-10-23-20(22-4-2)24-13-16-9-11-27(14-16)18-7-5-17(21)6-8-18/h5-8,15-16H,3-4,9-14H2,1-2H3,(H2,22,23,24). The third kappa shape index (κ3) is 5.70. The van der Waals surface area contributed by atoms with Crippen LogP contribution in [0.2, 0.25) is 0 Å². The summed E-state index contributed by atoms with van der Waals surface area (Å²) in [6.07, 6.45) is 3.87. The molecule has 8 heteroatoms. The summed E-state index contributed by atoms with van der Waals surface area (Å²) in [6, 6.07) is 8.56. The van der Waals surface area contributed by atoms with Crippen molar-refractivity contribution in [1.82, 2.24) is 25.4 Å². The second-order valence-electron chi connectivity index (χ2n) is 7.02. The van der Waals surface area contributed by atoms with Crippen molar-refractivity contribution in [3.63, 3.8) is 0 Å². The highest BCUT2D eigenvalue weighted by atomic mass is 79.9. The average molecular weight is 448 g/mol. The Kier molecular flexibility index (Phi) is 7.71. The SMILES string of the molecule is CCNC(=NCC1CCN(c2ccc(Br)cc2)C1)NCCn1cnnc1CC. The van der Waals surface area contributed by atoms with Crippen LogP contribution in [-0.2, 0) is 13.0 Å². The smallest absolute Gasteiger partial charge is 0.191 e. The summed E-state index contributed by atoms with van der Waals surface area (Å²) in [5, 5.41) is 14.9. The maximum atomic E-state index is 4.82. The van der Waals surface area contributed by atoms with E-state index < -0.39 is 0 Å². The summed E-state index contributed by atoms with van der Waals surface area (Å²) in [6.45, 7) is 9.68. The first kappa shape index (κ1) is 20.6. The number of anilines is 1. The van der Waals surface area contributed by atoms with Crippen LogP contribution in [0.5, 0.6) is 0 Å². The van der Waals surface area contributed by atoms with E-state index in [0.717, 1.165) is 61.9 Å². The van der Waals surface area contributed by atoms with Gasteiger partial charge in [-0.05, 0) is 43.5 Å². The summed E-state index contributed by atoms with van der Waals surface area (Å²) in [7, 11) is 0. The molecular formula is C20H30BrN7. The van der Waals surface area contributed by atoms with Crippen LogP contribution in [0.25, 0.3) is 0 Å². The first-order chi connectivity index (χ1) is 13.7. The highest BCUT2D eigenvalue weighted by molar-refractivity contribution is 9.10. The predicted octanol–water partition coefficient (Wildman–Crippen LogP) is 2.68. The van der Waals surface area contributed by atoms with E-state index in [-0.39, 0.29) is 0 Å². The molecule has 0 radical (unpaired) electrons. The van der Waals surface area contributed by atoms with Gasteiger partial charge >= 0.3 is 0 Å². The van der Waals surface area contributed by atoms with E-state index in [1.165, 1.54) is 12.1 Å². The minimum atomic E-state index is 0.587. The minimum absolute atomic E-state index is 0.587. The lowest BCUT2D eigenvalue weighted by atomic mass is 10.1. The Morgan fingerprint density at radius 3 is 2.82 bits per heavy atom. The Balaban J connectivity index is 1.48. The van der Waals surface area contributed by atoms with Crippen molar-refractivity contribution in [3.8, 4) is 0 Å². The number of hydrogen-bond acceptors (Lipinski definition) is 4. The molecule has 1 atom stereocenters. The van der Waals surface area contributed by atoms with Gasteiger partial charge in [-0.2, -0.15) is 0 Å². The fourth-order valence-electron chi connectivity index (χ4n) is 3.46. The zero-order valence-corrected chi connectivity index (χ0v) is 18.3. The number of aliphatic imine (C=N–C) groups is 1. The van der Waals surface area contributed by atoms with E-state index in [1.807, 2.05) is 0 Å². The average Bonchev–Trinajstić information content (AvgIpc) is 3.36. The minimum Gasteiger partial charge on any atom is -0.371 e. The summed E-state index contributed by atoms with van der Waals surface area (Å²) in [5.41, 5.74) is 1.29. The molecule has 1 aromatic carbocycles. The normalized spacial score (nSPS) is 17.2. The van der Waals surface area contributed by atoms with Crippen LogP contribution >= 0.6 is 15.9 Å². The molecule has 1 aromatic heterocycles. The van der Waals surface area contributed by atoms with E-state index in [4.69, 9.17) is 4.99 Å². The molecule has 1 unspecified atom stereocenters. The lowest BCUT2D eigenvalue weighted by Crippen LogP contribution is -2.39. The molecule has 0 amide bonds. The topological polar surface area (TPSA) is 70.4 Å². The maximum absolute atomic E-state index is 4.82. The van der Waals surface area contributed by atoms with Crippen LogP contribution in [0.3, 0.4) is 0 Å². The number of benzene rings is 1. The summed E-state index contributed by atoms with van der Waals surface area (Å²) >= 11 is 3.50. The first-order valence-electron chi connectivity index (χ1n) is 10.1. The van der Waals surface area contributed by atoms with Gasteiger partial charge in [0.25, 0.3) is 0 Å². The van der Waals surface area contributed by atoms with E-state index in [9.17, 15) is 0 Å². The van der Waals surface area contributed by atoms with E-state index in [1.54, 1.807) is 6.33 Å². The molecule has 152 valence electrons. The molecule has 1 aliphatic heterocycles. The maximum Gasteiger partial charge on any atom is 0.191 e. The summed E-state index contributed by atoms with van der Waals surface area (Å²) < 4.78 is 3.21. The molecule has 0 saturated carbocycles. The predicted molar refractivity (Wildman–Crippen MR) is 118 cm³/mol. The Bertz CT molecular complexity index is 756. The fourth-order valence-corrected chi connectivity index (χ4v) is 3.73. The number of aryl methyl sites for hydroxylation is 1. The molecule has 1 saturated heterocycles. The molecule has 0 bridgehead atoms. The van der Waals surface area contributed by atoms with Crippen LogP contribution in [0.15, 0.2) is 40.1 Å². The van der Waals surface area contributed by atoms with Crippen LogP contribution in [-0.4, -0.2) is 53.4 Å². The number of hydrogen-bond donors (Lipinski definition) is 2. The number of rotatable bonds is 8. The second-order valence-corrected chi connectivity index (χ2v) is 7.93. The second kappa shape index (κ2) is 10.5. The molecule has 3 rings (SSSR count). The van der Waals surface area contributed by atoms with Crippen molar-refractivity contribution in [2.75, 3.05) is 37.6 Å². The van der Waals surface area contributed by atoms with E-state index in [0.29, 0.717) is 5.92 Å². The molecule has 1 aliphatic rings. The lowest BCUT2D eigenvalue weighted by Gasteiger charge is -2.18. The zero-order chi connectivity index (χ0) is 19.8. The molecule has 7 nitrogen and oxygen atoms in total. The lowest BCUT2D eigenvalue weighted by molar-refractivity contribution is 0.594. The van der Waals surface area contributed by atoms with Gasteiger partial charge in [0.2, 0.25) is 0 Å². The van der Waals surface area contributed by atoms with Crippen LogP contribution in [0, 0.1) is 5.92 Å².